The Balaban J connectivity index is 1.55. The highest BCUT2D eigenvalue weighted by Crippen LogP contribution is 2.29. The summed E-state index contributed by atoms with van der Waals surface area (Å²) < 4.78 is 11.8. The molecule has 1 aliphatic rings. The van der Waals surface area contributed by atoms with E-state index in [9.17, 15) is 4.79 Å². The predicted molar refractivity (Wildman–Crippen MR) is 94.9 cm³/mol. The summed E-state index contributed by atoms with van der Waals surface area (Å²) >= 11 is 9.34. The fourth-order valence-electron chi connectivity index (χ4n) is 2.27. The summed E-state index contributed by atoms with van der Waals surface area (Å²) in [5, 5.41) is 3.32. The molecule has 0 atom stereocenters. The van der Waals surface area contributed by atoms with Crippen molar-refractivity contribution in [3.8, 4) is 11.6 Å². The van der Waals surface area contributed by atoms with Crippen molar-refractivity contribution >= 4 is 39.2 Å². The largest absolute Gasteiger partial charge is 0.495 e. The Morgan fingerprint density at radius 3 is 2.92 bits per heavy atom. The lowest BCUT2D eigenvalue weighted by Crippen LogP contribution is -2.57. The van der Waals surface area contributed by atoms with Crippen molar-refractivity contribution < 1.29 is 14.3 Å². The molecule has 126 valence electrons. The average molecular weight is 413 g/mol. The minimum Gasteiger partial charge on any atom is -0.495 e. The molecule has 24 heavy (non-hydrogen) atoms. The van der Waals surface area contributed by atoms with Gasteiger partial charge >= 0.3 is 6.03 Å². The molecule has 0 spiro atoms. The molecule has 1 N–H and O–H groups in total. The van der Waals surface area contributed by atoms with Crippen LogP contribution in [0.3, 0.4) is 0 Å². The lowest BCUT2D eigenvalue weighted by Gasteiger charge is -2.38. The number of rotatable bonds is 4. The first kappa shape index (κ1) is 16.9. The van der Waals surface area contributed by atoms with Gasteiger partial charge < -0.3 is 19.7 Å². The smallest absolute Gasteiger partial charge is 0.322 e. The highest BCUT2D eigenvalue weighted by Gasteiger charge is 2.33. The van der Waals surface area contributed by atoms with Gasteiger partial charge in [0.2, 0.25) is 5.88 Å². The number of methoxy groups -OCH3 is 1. The molecule has 2 aromatic rings. The highest BCUT2D eigenvalue weighted by atomic mass is 79.9. The standard InChI is InChI=1S/C16H15BrClN3O3/c1-23-14-5-4-10(18)7-13(14)20-16(22)21-8-11(9-21)24-15-12(17)3-2-6-19-15/h2-7,11H,8-9H2,1H3,(H,20,22). The second-order valence-electron chi connectivity index (χ2n) is 5.21. The Bertz CT molecular complexity index is 753. The lowest BCUT2D eigenvalue weighted by atomic mass is 10.2. The van der Waals surface area contributed by atoms with Crippen LogP contribution in [0.5, 0.6) is 11.6 Å². The van der Waals surface area contributed by atoms with Gasteiger partial charge in [-0.25, -0.2) is 9.78 Å². The van der Waals surface area contributed by atoms with Crippen LogP contribution in [0.25, 0.3) is 0 Å². The summed E-state index contributed by atoms with van der Waals surface area (Å²) in [7, 11) is 1.54. The van der Waals surface area contributed by atoms with Crippen LogP contribution in [-0.4, -0.2) is 42.2 Å². The summed E-state index contributed by atoms with van der Waals surface area (Å²) in [6.07, 6.45) is 1.58. The van der Waals surface area contributed by atoms with Gasteiger partial charge in [-0.2, -0.15) is 0 Å². The average Bonchev–Trinajstić information content (AvgIpc) is 2.52. The van der Waals surface area contributed by atoms with E-state index in [0.29, 0.717) is 35.4 Å². The number of benzene rings is 1. The molecule has 8 heteroatoms. The van der Waals surface area contributed by atoms with E-state index in [1.807, 2.05) is 12.1 Å². The number of pyridine rings is 1. The van der Waals surface area contributed by atoms with Crippen molar-refractivity contribution in [2.45, 2.75) is 6.10 Å². The number of nitrogens with one attached hydrogen (secondary N) is 1. The summed E-state index contributed by atoms with van der Waals surface area (Å²) in [6.45, 7) is 0.968. The van der Waals surface area contributed by atoms with Gasteiger partial charge in [-0.05, 0) is 46.3 Å². The van der Waals surface area contributed by atoms with E-state index in [1.165, 1.54) is 7.11 Å². The third kappa shape index (κ3) is 3.73. The molecule has 1 saturated heterocycles. The molecule has 1 aromatic carbocycles. The number of likely N-dealkylation sites (tertiary alicyclic amines) is 1. The number of nitrogens with zero attached hydrogens (tertiary/aromatic N) is 2. The van der Waals surface area contributed by atoms with Gasteiger partial charge in [0.05, 0.1) is 30.4 Å². The van der Waals surface area contributed by atoms with Crippen LogP contribution in [0.15, 0.2) is 41.0 Å². The van der Waals surface area contributed by atoms with E-state index in [2.05, 4.69) is 26.2 Å². The lowest BCUT2D eigenvalue weighted by molar-refractivity contribution is 0.0455. The van der Waals surface area contributed by atoms with Crippen molar-refractivity contribution in [2.24, 2.45) is 0 Å². The summed E-state index contributed by atoms with van der Waals surface area (Å²) in [5.41, 5.74) is 0.534. The SMILES string of the molecule is COc1ccc(Cl)cc1NC(=O)N1CC(Oc2ncccc2Br)C1. The number of amides is 2. The first-order chi connectivity index (χ1) is 11.6. The van der Waals surface area contributed by atoms with E-state index in [-0.39, 0.29) is 12.1 Å². The molecule has 1 fully saturated rings. The molecule has 0 saturated carbocycles. The molecule has 2 amide bonds. The monoisotopic (exact) mass is 411 g/mol. The summed E-state index contributed by atoms with van der Waals surface area (Å²) in [5.74, 6) is 1.08. The molecule has 1 aliphatic heterocycles. The first-order valence-electron chi connectivity index (χ1n) is 7.23. The number of halogens is 2. The molecule has 0 bridgehead atoms. The van der Waals surface area contributed by atoms with Gasteiger partial charge in [0.1, 0.15) is 11.9 Å². The molecule has 1 aromatic heterocycles. The highest BCUT2D eigenvalue weighted by molar-refractivity contribution is 9.10. The van der Waals surface area contributed by atoms with Crippen molar-refractivity contribution in [3.05, 3.63) is 46.0 Å². The Labute approximate surface area is 152 Å². The maximum Gasteiger partial charge on any atom is 0.322 e. The van der Waals surface area contributed by atoms with Crippen LogP contribution in [-0.2, 0) is 0 Å². The van der Waals surface area contributed by atoms with Crippen molar-refractivity contribution in [1.82, 2.24) is 9.88 Å². The number of carbonyl (C=O) groups excluding carboxylic acids is 1. The minimum atomic E-state index is -0.226. The third-order valence-electron chi connectivity index (χ3n) is 3.54. The van der Waals surface area contributed by atoms with Gasteiger partial charge in [-0.15, -0.1) is 0 Å². The first-order valence-corrected chi connectivity index (χ1v) is 8.40. The van der Waals surface area contributed by atoms with E-state index < -0.39 is 0 Å². The Morgan fingerprint density at radius 1 is 1.42 bits per heavy atom. The van der Waals surface area contributed by atoms with E-state index in [1.54, 1.807) is 29.3 Å². The van der Waals surface area contributed by atoms with Crippen molar-refractivity contribution in [2.75, 3.05) is 25.5 Å². The number of aromatic nitrogens is 1. The Hall–Kier alpha value is -1.99. The second-order valence-corrected chi connectivity index (χ2v) is 6.50. The number of hydrogen-bond acceptors (Lipinski definition) is 4. The van der Waals surface area contributed by atoms with Crippen LogP contribution in [0, 0.1) is 0 Å². The fourth-order valence-corrected chi connectivity index (χ4v) is 2.79. The van der Waals surface area contributed by atoms with Gasteiger partial charge in [-0.3, -0.25) is 0 Å². The van der Waals surface area contributed by atoms with Gasteiger partial charge in [-0.1, -0.05) is 11.6 Å². The van der Waals surface area contributed by atoms with E-state index in [4.69, 9.17) is 21.1 Å². The fraction of sp³-hybridized carbons (Fsp3) is 0.250. The quantitative estimate of drug-likeness (QED) is 0.829. The number of hydrogen-bond donors (Lipinski definition) is 1. The molecule has 0 aliphatic carbocycles. The maximum atomic E-state index is 12.3. The third-order valence-corrected chi connectivity index (χ3v) is 4.38. The van der Waals surface area contributed by atoms with Crippen molar-refractivity contribution in [3.63, 3.8) is 0 Å². The van der Waals surface area contributed by atoms with E-state index in [0.717, 1.165) is 4.47 Å². The number of urea groups is 1. The predicted octanol–water partition coefficient (Wildman–Crippen LogP) is 3.80. The zero-order valence-electron chi connectivity index (χ0n) is 12.8. The van der Waals surface area contributed by atoms with E-state index >= 15 is 0 Å². The molecule has 0 unspecified atom stereocenters. The molecule has 2 heterocycles. The van der Waals surface area contributed by atoms with Crippen LogP contribution in [0.4, 0.5) is 10.5 Å². The van der Waals surface area contributed by atoms with Crippen LogP contribution in [0.2, 0.25) is 5.02 Å². The normalized spacial score (nSPS) is 14.0. The molecule has 6 nitrogen and oxygen atoms in total. The summed E-state index contributed by atoms with van der Waals surface area (Å²) in [4.78, 5) is 18.1. The van der Waals surface area contributed by atoms with Crippen molar-refractivity contribution in [1.29, 1.82) is 0 Å². The molecule has 3 rings (SSSR count). The minimum absolute atomic E-state index is 0.0804. The number of anilines is 1. The zero-order chi connectivity index (χ0) is 17.1. The summed E-state index contributed by atoms with van der Waals surface area (Å²) in [6, 6.07) is 8.51. The molecular formula is C16H15BrClN3O3. The molecular weight excluding hydrogens is 398 g/mol. The van der Waals surface area contributed by atoms with Crippen LogP contribution < -0.4 is 14.8 Å². The van der Waals surface area contributed by atoms with Gasteiger partial charge in [0.25, 0.3) is 0 Å². The number of carbonyl (C=O) groups is 1. The Morgan fingerprint density at radius 2 is 2.21 bits per heavy atom. The number of ether oxygens (including phenoxy) is 2. The van der Waals surface area contributed by atoms with Crippen LogP contribution >= 0.6 is 27.5 Å². The Kier molecular flexibility index (Phi) is 5.11. The zero-order valence-corrected chi connectivity index (χ0v) is 15.2. The molecule has 0 radical (unpaired) electrons. The van der Waals surface area contributed by atoms with Gasteiger partial charge in [0, 0.05) is 11.2 Å². The van der Waals surface area contributed by atoms with Gasteiger partial charge in [0.15, 0.2) is 0 Å². The second kappa shape index (κ2) is 7.27. The van der Waals surface area contributed by atoms with Crippen LogP contribution in [0.1, 0.15) is 0 Å². The topological polar surface area (TPSA) is 63.7 Å². The maximum absolute atomic E-state index is 12.3.